The highest BCUT2D eigenvalue weighted by atomic mass is 35.5. The van der Waals surface area contributed by atoms with Crippen LogP contribution in [0.25, 0.3) is 0 Å². The molecule has 0 saturated carbocycles. The Balaban J connectivity index is 0.00000156. The molecule has 2 heterocycles. The standard InChI is InChI=1S/C15H20N4O2S2.2ClH/c16-12-3-5-14(6-4-12)23(20,21)18-15-17-11-13(22-15)7-10-19-8-1-2-9-19;;/h3-6,11H,1-2,7-10,16H2,(H,17,18);2*1H. The number of nitrogens with zero attached hydrogens (tertiary/aromatic N) is 2. The molecule has 1 aromatic carbocycles. The van der Waals surface area contributed by atoms with Crippen molar-refractivity contribution in [2.75, 3.05) is 30.1 Å². The van der Waals surface area contributed by atoms with E-state index >= 15 is 0 Å². The van der Waals surface area contributed by atoms with Crippen molar-refractivity contribution in [2.24, 2.45) is 0 Å². The van der Waals surface area contributed by atoms with E-state index in [1.54, 1.807) is 18.3 Å². The number of halogens is 2. The Bertz CT molecular complexity index is 760. The lowest BCUT2D eigenvalue weighted by Crippen LogP contribution is -2.21. The van der Waals surface area contributed by atoms with E-state index in [-0.39, 0.29) is 29.7 Å². The van der Waals surface area contributed by atoms with Gasteiger partial charge < -0.3 is 10.6 Å². The van der Waals surface area contributed by atoms with Gasteiger partial charge in [-0.15, -0.1) is 36.2 Å². The van der Waals surface area contributed by atoms with E-state index in [0.717, 1.165) is 30.9 Å². The predicted octanol–water partition coefficient (Wildman–Crippen LogP) is 3.01. The predicted molar refractivity (Wildman–Crippen MR) is 108 cm³/mol. The third-order valence-corrected chi connectivity index (χ3v) is 6.30. The summed E-state index contributed by atoms with van der Waals surface area (Å²) in [6.45, 7) is 3.33. The summed E-state index contributed by atoms with van der Waals surface area (Å²) in [5.41, 5.74) is 6.11. The Morgan fingerprint density at radius 3 is 2.44 bits per heavy atom. The molecule has 0 aliphatic carbocycles. The van der Waals surface area contributed by atoms with Gasteiger partial charge in [0.15, 0.2) is 5.13 Å². The number of nitrogens with two attached hydrogens (primary N) is 1. The van der Waals surface area contributed by atoms with Crippen molar-refractivity contribution < 1.29 is 8.42 Å². The third-order valence-electron chi connectivity index (χ3n) is 3.84. The summed E-state index contributed by atoms with van der Waals surface area (Å²) in [7, 11) is -3.62. The van der Waals surface area contributed by atoms with Crippen molar-refractivity contribution in [1.82, 2.24) is 9.88 Å². The first-order valence-electron chi connectivity index (χ1n) is 7.58. The number of anilines is 2. The number of likely N-dealkylation sites (tertiary alicyclic amines) is 1. The molecule has 140 valence electrons. The van der Waals surface area contributed by atoms with Crippen LogP contribution < -0.4 is 10.5 Å². The molecule has 1 saturated heterocycles. The van der Waals surface area contributed by atoms with Crippen molar-refractivity contribution in [3.05, 3.63) is 35.3 Å². The van der Waals surface area contributed by atoms with Gasteiger partial charge in [0.2, 0.25) is 0 Å². The van der Waals surface area contributed by atoms with Crippen molar-refractivity contribution in [2.45, 2.75) is 24.2 Å². The van der Waals surface area contributed by atoms with Gasteiger partial charge in [-0.3, -0.25) is 4.72 Å². The first-order valence-corrected chi connectivity index (χ1v) is 9.88. The molecular formula is C15H22Cl2N4O2S2. The number of benzene rings is 1. The van der Waals surface area contributed by atoms with Crippen LogP contribution in [0.1, 0.15) is 17.7 Å². The molecule has 3 rings (SSSR count). The Hall–Kier alpha value is -1.06. The summed E-state index contributed by atoms with van der Waals surface area (Å²) in [6.07, 6.45) is 5.20. The molecule has 3 N–H and O–H groups in total. The third kappa shape index (κ3) is 6.00. The normalized spacial score (nSPS) is 14.6. The molecule has 1 aliphatic heterocycles. The zero-order valence-corrected chi connectivity index (χ0v) is 16.8. The average molecular weight is 425 g/mol. The number of sulfonamides is 1. The first-order chi connectivity index (χ1) is 11.0. The second-order valence-corrected chi connectivity index (χ2v) is 8.40. The molecule has 25 heavy (non-hydrogen) atoms. The van der Waals surface area contributed by atoms with Gasteiger partial charge in [-0.25, -0.2) is 13.4 Å². The fourth-order valence-electron chi connectivity index (χ4n) is 2.57. The van der Waals surface area contributed by atoms with Gasteiger partial charge in [-0.2, -0.15) is 0 Å². The fourth-order valence-corrected chi connectivity index (χ4v) is 4.61. The Kier molecular flexibility index (Phi) is 8.43. The van der Waals surface area contributed by atoms with E-state index in [1.807, 2.05) is 0 Å². The molecule has 0 bridgehead atoms. The van der Waals surface area contributed by atoms with Crippen LogP contribution in [0.3, 0.4) is 0 Å². The molecule has 1 fully saturated rings. The van der Waals surface area contributed by atoms with Crippen LogP contribution >= 0.6 is 36.2 Å². The van der Waals surface area contributed by atoms with Crippen LogP contribution in [0, 0.1) is 0 Å². The monoisotopic (exact) mass is 424 g/mol. The Morgan fingerprint density at radius 2 is 1.80 bits per heavy atom. The van der Waals surface area contributed by atoms with Gasteiger partial charge in [0.05, 0.1) is 4.90 Å². The fraction of sp³-hybridized carbons (Fsp3) is 0.400. The Morgan fingerprint density at radius 1 is 1.16 bits per heavy atom. The van der Waals surface area contributed by atoms with E-state index < -0.39 is 10.0 Å². The lowest BCUT2D eigenvalue weighted by molar-refractivity contribution is 0.344. The highest BCUT2D eigenvalue weighted by molar-refractivity contribution is 7.93. The second kappa shape index (κ2) is 9.59. The van der Waals surface area contributed by atoms with Gasteiger partial charge in [0.1, 0.15) is 0 Å². The molecule has 2 aromatic rings. The van der Waals surface area contributed by atoms with Crippen molar-refractivity contribution in [3.63, 3.8) is 0 Å². The summed E-state index contributed by atoms with van der Waals surface area (Å²) in [5.74, 6) is 0. The van der Waals surface area contributed by atoms with E-state index in [9.17, 15) is 8.42 Å². The number of nitrogen functional groups attached to an aromatic ring is 1. The topological polar surface area (TPSA) is 88.3 Å². The second-order valence-electron chi connectivity index (χ2n) is 5.61. The van der Waals surface area contributed by atoms with E-state index in [0.29, 0.717) is 10.8 Å². The molecule has 1 aromatic heterocycles. The summed E-state index contributed by atoms with van der Waals surface area (Å²) >= 11 is 1.39. The summed E-state index contributed by atoms with van der Waals surface area (Å²) in [5, 5.41) is 0.401. The molecule has 6 nitrogen and oxygen atoms in total. The van der Waals surface area contributed by atoms with Crippen LogP contribution in [0.5, 0.6) is 0 Å². The maximum absolute atomic E-state index is 12.3. The summed E-state index contributed by atoms with van der Waals surface area (Å²) in [4.78, 5) is 7.87. The van der Waals surface area contributed by atoms with Crippen molar-refractivity contribution >= 4 is 57.0 Å². The van der Waals surface area contributed by atoms with Crippen molar-refractivity contribution in [1.29, 1.82) is 0 Å². The Labute approximate surface area is 164 Å². The molecule has 0 atom stereocenters. The minimum atomic E-state index is -3.62. The number of aromatic nitrogens is 1. The number of thiazole rings is 1. The number of nitrogens with one attached hydrogen (secondary N) is 1. The zero-order valence-electron chi connectivity index (χ0n) is 13.6. The molecule has 0 radical (unpaired) electrons. The van der Waals surface area contributed by atoms with E-state index in [2.05, 4.69) is 14.6 Å². The zero-order chi connectivity index (χ0) is 16.3. The smallest absolute Gasteiger partial charge is 0.263 e. The van der Waals surface area contributed by atoms with Crippen LogP contribution in [0.15, 0.2) is 35.4 Å². The number of hydrogen-bond donors (Lipinski definition) is 2. The lowest BCUT2D eigenvalue weighted by atomic mass is 10.3. The molecular weight excluding hydrogens is 403 g/mol. The quantitative estimate of drug-likeness (QED) is 0.695. The lowest BCUT2D eigenvalue weighted by Gasteiger charge is -2.12. The van der Waals surface area contributed by atoms with Gasteiger partial charge in [0.25, 0.3) is 10.0 Å². The number of rotatable bonds is 6. The summed E-state index contributed by atoms with van der Waals surface area (Å²) in [6, 6.07) is 6.11. The minimum Gasteiger partial charge on any atom is -0.399 e. The number of hydrogen-bond acceptors (Lipinski definition) is 6. The van der Waals surface area contributed by atoms with Crippen LogP contribution in [-0.4, -0.2) is 37.9 Å². The van der Waals surface area contributed by atoms with E-state index in [1.165, 1.54) is 36.3 Å². The highest BCUT2D eigenvalue weighted by Gasteiger charge is 2.17. The molecule has 0 spiro atoms. The maximum atomic E-state index is 12.3. The average Bonchev–Trinajstić information content (AvgIpc) is 3.16. The molecule has 0 amide bonds. The van der Waals surface area contributed by atoms with Gasteiger partial charge in [-0.05, 0) is 56.6 Å². The van der Waals surface area contributed by atoms with Gasteiger partial charge >= 0.3 is 0 Å². The highest BCUT2D eigenvalue weighted by Crippen LogP contribution is 2.23. The molecule has 1 aliphatic rings. The molecule has 0 unspecified atom stereocenters. The van der Waals surface area contributed by atoms with Gasteiger partial charge in [0, 0.05) is 23.3 Å². The maximum Gasteiger partial charge on any atom is 0.263 e. The minimum absolute atomic E-state index is 0. The summed E-state index contributed by atoms with van der Waals surface area (Å²) < 4.78 is 27.1. The van der Waals surface area contributed by atoms with Crippen LogP contribution in [0.4, 0.5) is 10.8 Å². The largest absolute Gasteiger partial charge is 0.399 e. The van der Waals surface area contributed by atoms with Crippen LogP contribution in [-0.2, 0) is 16.4 Å². The molecule has 10 heteroatoms. The van der Waals surface area contributed by atoms with Gasteiger partial charge in [-0.1, -0.05) is 0 Å². The van der Waals surface area contributed by atoms with Crippen LogP contribution in [0.2, 0.25) is 0 Å². The SMILES string of the molecule is Cl.Cl.Nc1ccc(S(=O)(=O)Nc2ncc(CCN3CCCC3)s2)cc1. The first kappa shape index (κ1) is 22.0. The van der Waals surface area contributed by atoms with E-state index in [4.69, 9.17) is 5.73 Å². The van der Waals surface area contributed by atoms with Crippen molar-refractivity contribution in [3.8, 4) is 0 Å².